The number of nitrogens with zero attached hydrogens (tertiary/aromatic N) is 4. The second-order valence-corrected chi connectivity index (χ2v) is 9.51. The summed E-state index contributed by atoms with van der Waals surface area (Å²) in [5, 5.41) is 10.1. The van der Waals surface area contributed by atoms with Crippen molar-refractivity contribution >= 4 is 49.9 Å². The summed E-state index contributed by atoms with van der Waals surface area (Å²) in [5.41, 5.74) is 1.99. The minimum absolute atomic E-state index is 0.464. The molecule has 0 atom stereocenters. The van der Waals surface area contributed by atoms with Gasteiger partial charge < -0.3 is 15.4 Å². The summed E-state index contributed by atoms with van der Waals surface area (Å²) in [6, 6.07) is 5.25. The number of nitrogens with one attached hydrogen (secondary N) is 2. The van der Waals surface area contributed by atoms with Crippen LogP contribution in [0.1, 0.15) is 31.4 Å². The Morgan fingerprint density at radius 3 is 2.72 bits per heavy atom. The van der Waals surface area contributed by atoms with Crippen LogP contribution in [0, 0.1) is 6.92 Å². The van der Waals surface area contributed by atoms with Crippen LogP contribution in [0.15, 0.2) is 17.5 Å². The van der Waals surface area contributed by atoms with Gasteiger partial charge in [0.15, 0.2) is 0 Å². The molecule has 1 aliphatic heterocycles. The summed E-state index contributed by atoms with van der Waals surface area (Å²) in [6.45, 7) is 5.91. The maximum Gasteiger partial charge on any atom is 0.230 e. The Balaban J connectivity index is 1.28. The SMILES string of the molecule is Cc1cc(Nc2nc(NC3CCC(N4CCOCC4)CC3)c3sccc3n2)sn1. The largest absolute Gasteiger partial charge is 0.379 e. The third kappa shape index (κ3) is 4.37. The number of anilines is 3. The fourth-order valence-electron chi connectivity index (χ4n) is 4.27. The molecule has 2 N–H and O–H groups in total. The van der Waals surface area contributed by atoms with Gasteiger partial charge in [-0.25, -0.2) is 4.98 Å². The van der Waals surface area contributed by atoms with E-state index in [0.717, 1.165) is 53.0 Å². The summed E-state index contributed by atoms with van der Waals surface area (Å²) < 4.78 is 11.0. The molecule has 0 radical (unpaired) electrons. The number of rotatable bonds is 5. The lowest BCUT2D eigenvalue weighted by molar-refractivity contribution is 0.00791. The van der Waals surface area contributed by atoms with Crippen LogP contribution < -0.4 is 10.6 Å². The highest BCUT2D eigenvalue weighted by Gasteiger charge is 2.27. The average Bonchev–Trinajstić information content (AvgIpc) is 3.38. The maximum atomic E-state index is 5.50. The second kappa shape index (κ2) is 8.51. The lowest BCUT2D eigenvalue weighted by Crippen LogP contribution is -2.46. The highest BCUT2D eigenvalue weighted by molar-refractivity contribution is 7.17. The molecule has 9 heteroatoms. The van der Waals surface area contributed by atoms with Crippen LogP contribution in [-0.2, 0) is 4.74 Å². The van der Waals surface area contributed by atoms with Gasteiger partial charge in [-0.3, -0.25) is 4.90 Å². The summed E-state index contributed by atoms with van der Waals surface area (Å²) in [5.74, 6) is 1.58. The Morgan fingerprint density at radius 2 is 1.97 bits per heavy atom. The molecule has 2 fully saturated rings. The Labute approximate surface area is 178 Å². The smallest absolute Gasteiger partial charge is 0.230 e. The third-order valence-corrected chi connectivity index (χ3v) is 7.47. The van der Waals surface area contributed by atoms with Gasteiger partial charge in [0, 0.05) is 25.2 Å². The standard InChI is InChI=1S/C20H26N6OS2/c1-13-12-17(29-25-13)23-20-22-16-6-11-28-18(16)19(24-20)21-14-2-4-15(5-3-14)26-7-9-27-10-8-26/h6,11-12,14-15H,2-5,7-10H2,1H3,(H2,21,22,23,24). The first-order valence-electron chi connectivity index (χ1n) is 10.3. The fourth-order valence-corrected chi connectivity index (χ4v) is 5.71. The summed E-state index contributed by atoms with van der Waals surface area (Å²) >= 11 is 3.13. The molecular weight excluding hydrogens is 404 g/mol. The van der Waals surface area contributed by atoms with Crippen molar-refractivity contribution in [3.63, 3.8) is 0 Å². The Bertz CT molecular complexity index is 959. The molecule has 29 heavy (non-hydrogen) atoms. The molecule has 0 unspecified atom stereocenters. The van der Waals surface area contributed by atoms with Gasteiger partial charge in [-0.05, 0) is 61.7 Å². The van der Waals surface area contributed by atoms with Crippen molar-refractivity contribution < 1.29 is 4.74 Å². The first kappa shape index (κ1) is 19.2. The second-order valence-electron chi connectivity index (χ2n) is 7.79. The van der Waals surface area contributed by atoms with Crippen LogP contribution in [-0.4, -0.2) is 57.6 Å². The van der Waals surface area contributed by atoms with Crippen LogP contribution >= 0.6 is 22.9 Å². The highest BCUT2D eigenvalue weighted by Crippen LogP contribution is 2.32. The van der Waals surface area contributed by atoms with Crippen LogP contribution in [0.4, 0.5) is 16.8 Å². The number of thiophene rings is 1. The molecule has 5 rings (SSSR count). The van der Waals surface area contributed by atoms with Crippen molar-refractivity contribution in [1.82, 2.24) is 19.2 Å². The molecule has 0 spiro atoms. The van der Waals surface area contributed by atoms with Gasteiger partial charge in [0.2, 0.25) is 5.95 Å². The van der Waals surface area contributed by atoms with Crippen LogP contribution in [0.25, 0.3) is 10.2 Å². The number of hydrogen-bond acceptors (Lipinski definition) is 9. The molecule has 7 nitrogen and oxygen atoms in total. The number of fused-ring (bicyclic) bond motifs is 1. The minimum atomic E-state index is 0.464. The van der Waals surface area contributed by atoms with Gasteiger partial charge in [0.25, 0.3) is 0 Å². The molecule has 0 aromatic carbocycles. The maximum absolute atomic E-state index is 5.50. The number of ether oxygens (including phenoxy) is 1. The lowest BCUT2D eigenvalue weighted by Gasteiger charge is -2.39. The topological polar surface area (TPSA) is 75.2 Å². The van der Waals surface area contributed by atoms with Crippen LogP contribution in [0.5, 0.6) is 0 Å². The normalized spacial score (nSPS) is 23.3. The van der Waals surface area contributed by atoms with Crippen molar-refractivity contribution in [2.45, 2.75) is 44.7 Å². The van der Waals surface area contributed by atoms with Crippen molar-refractivity contribution in [2.24, 2.45) is 0 Å². The van der Waals surface area contributed by atoms with Gasteiger partial charge >= 0.3 is 0 Å². The quantitative estimate of drug-likeness (QED) is 0.626. The first-order chi connectivity index (χ1) is 14.2. The van der Waals surface area contributed by atoms with E-state index in [9.17, 15) is 0 Å². The van der Waals surface area contributed by atoms with Gasteiger partial charge in [0.05, 0.1) is 29.1 Å². The predicted octanol–water partition coefficient (Wildman–Crippen LogP) is 4.26. The predicted molar refractivity (Wildman–Crippen MR) is 120 cm³/mol. The van der Waals surface area contributed by atoms with E-state index in [0.29, 0.717) is 18.0 Å². The van der Waals surface area contributed by atoms with E-state index >= 15 is 0 Å². The van der Waals surface area contributed by atoms with Crippen LogP contribution in [0.3, 0.4) is 0 Å². The summed E-state index contributed by atoms with van der Waals surface area (Å²) in [6.07, 6.45) is 4.83. The van der Waals surface area contributed by atoms with E-state index in [1.54, 1.807) is 11.3 Å². The zero-order valence-corrected chi connectivity index (χ0v) is 18.2. The van der Waals surface area contributed by atoms with Crippen molar-refractivity contribution in [2.75, 3.05) is 36.9 Å². The van der Waals surface area contributed by atoms with Gasteiger partial charge in [0.1, 0.15) is 10.8 Å². The Morgan fingerprint density at radius 1 is 1.14 bits per heavy atom. The molecule has 4 heterocycles. The molecule has 0 bridgehead atoms. The van der Waals surface area contributed by atoms with E-state index < -0.39 is 0 Å². The summed E-state index contributed by atoms with van der Waals surface area (Å²) in [4.78, 5) is 12.1. The first-order valence-corrected chi connectivity index (χ1v) is 11.9. The molecule has 3 aromatic heterocycles. The van der Waals surface area contributed by atoms with E-state index in [2.05, 4.69) is 36.3 Å². The number of aromatic nitrogens is 3. The van der Waals surface area contributed by atoms with E-state index in [4.69, 9.17) is 9.72 Å². The molecule has 3 aromatic rings. The molecular formula is C20H26N6OS2. The number of aryl methyl sites for hydroxylation is 1. The van der Waals surface area contributed by atoms with Crippen molar-refractivity contribution in [3.05, 3.63) is 23.2 Å². The van der Waals surface area contributed by atoms with Crippen molar-refractivity contribution in [1.29, 1.82) is 0 Å². The molecule has 1 saturated carbocycles. The van der Waals surface area contributed by atoms with E-state index in [1.807, 2.05) is 13.0 Å². The van der Waals surface area contributed by atoms with E-state index in [1.165, 1.54) is 37.2 Å². The summed E-state index contributed by atoms with van der Waals surface area (Å²) in [7, 11) is 0. The highest BCUT2D eigenvalue weighted by atomic mass is 32.1. The molecule has 2 aliphatic rings. The van der Waals surface area contributed by atoms with Gasteiger partial charge in [-0.1, -0.05) is 0 Å². The zero-order chi connectivity index (χ0) is 19.6. The molecule has 1 aliphatic carbocycles. The average molecular weight is 431 g/mol. The molecule has 0 amide bonds. The number of hydrogen-bond donors (Lipinski definition) is 2. The lowest BCUT2D eigenvalue weighted by atomic mass is 9.90. The van der Waals surface area contributed by atoms with E-state index in [-0.39, 0.29) is 0 Å². The van der Waals surface area contributed by atoms with Gasteiger partial charge in [-0.15, -0.1) is 11.3 Å². The zero-order valence-electron chi connectivity index (χ0n) is 16.6. The fraction of sp³-hybridized carbons (Fsp3) is 0.550. The molecule has 1 saturated heterocycles. The molecule has 154 valence electrons. The number of morpholine rings is 1. The Hall–Kier alpha value is -1.81. The third-order valence-electron chi connectivity index (χ3n) is 5.77. The van der Waals surface area contributed by atoms with Crippen LogP contribution in [0.2, 0.25) is 0 Å². The Kier molecular flexibility index (Phi) is 5.63. The monoisotopic (exact) mass is 430 g/mol. The van der Waals surface area contributed by atoms with Crippen molar-refractivity contribution in [3.8, 4) is 0 Å². The van der Waals surface area contributed by atoms with Gasteiger partial charge in [-0.2, -0.15) is 9.36 Å². The minimum Gasteiger partial charge on any atom is -0.379 e.